The number of fused-ring (bicyclic) bond motifs is 1. The van der Waals surface area contributed by atoms with Gasteiger partial charge in [0, 0.05) is 18.5 Å². The summed E-state index contributed by atoms with van der Waals surface area (Å²) < 4.78 is 4.91. The molecule has 0 radical (unpaired) electrons. The highest BCUT2D eigenvalue weighted by Gasteiger charge is 2.14. The lowest BCUT2D eigenvalue weighted by atomic mass is 10.2. The van der Waals surface area contributed by atoms with Crippen LogP contribution in [-0.2, 0) is 20.9 Å². The third-order valence-electron chi connectivity index (χ3n) is 4.00. The third-order valence-corrected chi connectivity index (χ3v) is 4.00. The molecule has 0 atom stereocenters. The monoisotopic (exact) mass is 380 g/mol. The summed E-state index contributed by atoms with van der Waals surface area (Å²) in [6.45, 7) is 0.0962. The van der Waals surface area contributed by atoms with Crippen LogP contribution in [0.4, 0.5) is 0 Å². The quantitative estimate of drug-likeness (QED) is 0.513. The second-order valence-electron chi connectivity index (χ2n) is 6.05. The van der Waals surface area contributed by atoms with Gasteiger partial charge in [-0.3, -0.25) is 19.5 Å². The predicted octanol–water partition coefficient (Wildman–Crippen LogP) is 1.54. The molecular weight excluding hydrogens is 360 g/mol. The minimum Gasteiger partial charge on any atom is -0.456 e. The average molecular weight is 380 g/mol. The van der Waals surface area contributed by atoms with Crippen LogP contribution < -0.4 is 10.6 Å². The highest BCUT2D eigenvalue weighted by atomic mass is 16.5. The molecule has 144 valence electrons. The Balaban J connectivity index is 1.35. The van der Waals surface area contributed by atoms with Crippen molar-refractivity contribution in [3.8, 4) is 0 Å². The Morgan fingerprint density at radius 3 is 2.54 bits per heavy atom. The SMILES string of the molecule is O=C(COC(=O)CCNC(=O)c1n[nH]c2ccccc12)NCc1ccccc1. The zero-order valence-electron chi connectivity index (χ0n) is 15.1. The van der Waals surface area contributed by atoms with Gasteiger partial charge in [0.2, 0.25) is 0 Å². The summed E-state index contributed by atoms with van der Waals surface area (Å²) in [5, 5.41) is 12.8. The van der Waals surface area contributed by atoms with E-state index in [1.165, 1.54) is 0 Å². The Morgan fingerprint density at radius 2 is 1.71 bits per heavy atom. The number of benzene rings is 2. The van der Waals surface area contributed by atoms with Crippen LogP contribution in [0, 0.1) is 0 Å². The maximum Gasteiger partial charge on any atom is 0.308 e. The molecule has 0 aliphatic carbocycles. The van der Waals surface area contributed by atoms with Crippen molar-refractivity contribution in [3.63, 3.8) is 0 Å². The van der Waals surface area contributed by atoms with E-state index in [1.54, 1.807) is 6.07 Å². The van der Waals surface area contributed by atoms with Crippen molar-refractivity contribution in [3.05, 3.63) is 65.9 Å². The second kappa shape index (κ2) is 9.31. The number of amides is 2. The Bertz CT molecular complexity index is 969. The first-order valence-corrected chi connectivity index (χ1v) is 8.81. The molecule has 0 aliphatic heterocycles. The number of esters is 1. The molecule has 2 amide bonds. The number of nitrogens with one attached hydrogen (secondary N) is 3. The van der Waals surface area contributed by atoms with Gasteiger partial charge >= 0.3 is 5.97 Å². The summed E-state index contributed by atoms with van der Waals surface area (Å²) in [5.41, 5.74) is 1.98. The van der Waals surface area contributed by atoms with Crippen LogP contribution in [0.5, 0.6) is 0 Å². The van der Waals surface area contributed by atoms with Gasteiger partial charge in [-0.2, -0.15) is 5.10 Å². The highest BCUT2D eigenvalue weighted by Crippen LogP contribution is 2.14. The lowest BCUT2D eigenvalue weighted by Gasteiger charge is -2.07. The molecule has 0 fully saturated rings. The van der Waals surface area contributed by atoms with Crippen LogP contribution in [0.15, 0.2) is 54.6 Å². The van der Waals surface area contributed by atoms with Gasteiger partial charge in [-0.1, -0.05) is 48.5 Å². The van der Waals surface area contributed by atoms with E-state index in [0.29, 0.717) is 11.9 Å². The number of H-pyrrole nitrogens is 1. The number of nitrogens with zero attached hydrogens (tertiary/aromatic N) is 1. The summed E-state index contributed by atoms with van der Waals surface area (Å²) in [5.74, 6) is -1.34. The van der Waals surface area contributed by atoms with E-state index in [0.717, 1.165) is 11.1 Å². The van der Waals surface area contributed by atoms with Gasteiger partial charge < -0.3 is 15.4 Å². The van der Waals surface area contributed by atoms with Gasteiger partial charge in [0.15, 0.2) is 12.3 Å². The minimum absolute atomic E-state index is 0.0416. The van der Waals surface area contributed by atoms with E-state index in [4.69, 9.17) is 4.74 Å². The largest absolute Gasteiger partial charge is 0.456 e. The van der Waals surface area contributed by atoms with E-state index in [1.807, 2.05) is 48.5 Å². The first-order chi connectivity index (χ1) is 13.6. The summed E-state index contributed by atoms with van der Waals surface area (Å²) in [7, 11) is 0. The van der Waals surface area contributed by atoms with Crippen LogP contribution in [-0.4, -0.2) is 41.1 Å². The van der Waals surface area contributed by atoms with Crippen LogP contribution in [0.1, 0.15) is 22.5 Å². The molecule has 0 unspecified atom stereocenters. The van der Waals surface area contributed by atoms with Gasteiger partial charge in [0.25, 0.3) is 11.8 Å². The van der Waals surface area contributed by atoms with Gasteiger partial charge in [-0.15, -0.1) is 0 Å². The van der Waals surface area contributed by atoms with Crippen molar-refractivity contribution in [1.82, 2.24) is 20.8 Å². The van der Waals surface area contributed by atoms with Gasteiger partial charge in [-0.05, 0) is 11.6 Å². The maximum atomic E-state index is 12.2. The fourth-order valence-corrected chi connectivity index (χ4v) is 2.56. The number of carbonyl (C=O) groups is 3. The van der Waals surface area contributed by atoms with E-state index in [9.17, 15) is 14.4 Å². The fourth-order valence-electron chi connectivity index (χ4n) is 2.56. The van der Waals surface area contributed by atoms with Crippen molar-refractivity contribution in [2.45, 2.75) is 13.0 Å². The number of para-hydroxylation sites is 1. The van der Waals surface area contributed by atoms with Crippen LogP contribution in [0.25, 0.3) is 10.9 Å². The molecular formula is C20H20N4O4. The average Bonchev–Trinajstić information content (AvgIpc) is 3.15. The molecule has 0 aliphatic rings. The molecule has 2 aromatic carbocycles. The van der Waals surface area contributed by atoms with Gasteiger partial charge in [-0.25, -0.2) is 0 Å². The van der Waals surface area contributed by atoms with Crippen LogP contribution >= 0.6 is 0 Å². The zero-order valence-corrected chi connectivity index (χ0v) is 15.1. The Hall–Kier alpha value is -3.68. The summed E-state index contributed by atoms with van der Waals surface area (Å²) in [6.07, 6.45) is -0.0416. The van der Waals surface area contributed by atoms with Gasteiger partial charge in [0.1, 0.15) is 0 Å². The van der Waals surface area contributed by atoms with Crippen LogP contribution in [0.2, 0.25) is 0 Å². The number of hydrogen-bond donors (Lipinski definition) is 3. The predicted molar refractivity (Wildman–Crippen MR) is 102 cm³/mol. The Kier molecular flexibility index (Phi) is 6.35. The number of hydrogen-bond acceptors (Lipinski definition) is 5. The topological polar surface area (TPSA) is 113 Å². The first-order valence-electron chi connectivity index (χ1n) is 8.81. The van der Waals surface area contributed by atoms with Gasteiger partial charge in [0.05, 0.1) is 11.9 Å². The molecule has 28 heavy (non-hydrogen) atoms. The van der Waals surface area contributed by atoms with E-state index >= 15 is 0 Å². The number of carbonyl (C=O) groups excluding carboxylic acids is 3. The van der Waals surface area contributed by atoms with Crippen LogP contribution in [0.3, 0.4) is 0 Å². The smallest absolute Gasteiger partial charge is 0.308 e. The number of ether oxygens (including phenoxy) is 1. The summed E-state index contributed by atoms with van der Waals surface area (Å²) in [4.78, 5) is 35.6. The summed E-state index contributed by atoms with van der Waals surface area (Å²) in [6, 6.07) is 16.7. The zero-order chi connectivity index (χ0) is 19.8. The maximum absolute atomic E-state index is 12.2. The molecule has 0 bridgehead atoms. The van der Waals surface area contributed by atoms with Crippen molar-refractivity contribution in [2.75, 3.05) is 13.2 Å². The summed E-state index contributed by atoms with van der Waals surface area (Å²) >= 11 is 0. The van der Waals surface area contributed by atoms with E-state index in [-0.39, 0.29) is 37.1 Å². The Morgan fingerprint density at radius 1 is 0.964 bits per heavy atom. The minimum atomic E-state index is -0.568. The standard InChI is InChI=1S/C20H20N4O4/c25-17(22-12-14-6-2-1-3-7-14)13-28-18(26)10-11-21-20(27)19-15-8-4-5-9-16(15)23-24-19/h1-9H,10-13H2,(H,21,27)(H,22,25)(H,23,24). The molecule has 0 saturated heterocycles. The molecule has 8 heteroatoms. The van der Waals surface area contributed by atoms with Crippen molar-refractivity contribution in [1.29, 1.82) is 0 Å². The van der Waals surface area contributed by atoms with Crippen molar-refractivity contribution in [2.24, 2.45) is 0 Å². The number of rotatable bonds is 8. The molecule has 3 aromatic rings. The molecule has 3 rings (SSSR count). The molecule has 8 nitrogen and oxygen atoms in total. The number of aromatic nitrogens is 2. The molecule has 3 N–H and O–H groups in total. The molecule has 0 saturated carbocycles. The van der Waals surface area contributed by atoms with E-state index in [2.05, 4.69) is 20.8 Å². The lowest BCUT2D eigenvalue weighted by Crippen LogP contribution is -2.30. The highest BCUT2D eigenvalue weighted by molar-refractivity contribution is 6.04. The Labute approximate surface area is 161 Å². The van der Waals surface area contributed by atoms with Crippen molar-refractivity contribution < 1.29 is 19.1 Å². The molecule has 1 heterocycles. The lowest BCUT2D eigenvalue weighted by molar-refractivity contribution is -0.148. The third kappa shape index (κ3) is 5.16. The number of aromatic amines is 1. The van der Waals surface area contributed by atoms with Crippen molar-refractivity contribution >= 4 is 28.7 Å². The second-order valence-corrected chi connectivity index (χ2v) is 6.05. The first kappa shape index (κ1) is 19.1. The molecule has 0 spiro atoms. The normalized spacial score (nSPS) is 10.4. The van der Waals surface area contributed by atoms with E-state index < -0.39 is 5.97 Å². The fraction of sp³-hybridized carbons (Fsp3) is 0.200. The molecule has 1 aromatic heterocycles.